The Morgan fingerprint density at radius 2 is 1.77 bits per heavy atom. The van der Waals surface area contributed by atoms with Crippen molar-refractivity contribution in [1.82, 2.24) is 14.7 Å². The Hall–Kier alpha value is -2.53. The normalized spacial score (nSPS) is 12.4. The fraction of sp³-hybridized carbons (Fsp3) is 0.238. The van der Waals surface area contributed by atoms with Crippen LogP contribution in [-0.2, 0) is 16.6 Å². The second-order valence-corrected chi connectivity index (χ2v) is 9.70. The van der Waals surface area contributed by atoms with Gasteiger partial charge in [-0.15, -0.1) is 0 Å². The Balaban J connectivity index is 1.67. The fourth-order valence-corrected chi connectivity index (χ4v) is 3.94. The number of benzene rings is 2. The van der Waals surface area contributed by atoms with E-state index in [-0.39, 0.29) is 24.1 Å². The molecule has 0 saturated carbocycles. The second kappa shape index (κ2) is 10.2. The number of rotatable bonds is 9. The average Bonchev–Trinajstić information content (AvgIpc) is 2.76. The van der Waals surface area contributed by atoms with Crippen LogP contribution in [0.5, 0.6) is 0 Å². The van der Waals surface area contributed by atoms with E-state index in [1.165, 1.54) is 12.1 Å². The van der Waals surface area contributed by atoms with Crippen LogP contribution in [0.25, 0.3) is 0 Å². The Morgan fingerprint density at radius 1 is 1.10 bits per heavy atom. The van der Waals surface area contributed by atoms with Crippen molar-refractivity contribution in [2.24, 2.45) is 0 Å². The molecule has 0 aliphatic heterocycles. The third-order valence-corrected chi connectivity index (χ3v) is 6.41. The molecular weight excluding hydrogens is 482 g/mol. The van der Waals surface area contributed by atoms with Gasteiger partial charge in [0, 0.05) is 24.5 Å². The Kier molecular flexibility index (Phi) is 7.60. The highest BCUT2D eigenvalue weighted by molar-refractivity contribution is 9.10. The topological polar surface area (TPSA) is 116 Å². The minimum absolute atomic E-state index is 0.0346. The number of hydrogen-bond donors (Lipinski definition) is 4. The lowest BCUT2D eigenvalue weighted by Gasteiger charge is -2.14. The standard InChI is InChI=1S/C21H24BrN5O3S/c1-14-3-5-16(6-4-14)11-24-31(29,30)18-9-7-17(8-10-18)26-21-23-12-19(22)20(27-21)25-15(2)13-28/h3-10,12,15,24,28H,11,13H2,1-2H3,(H2,23,25,26,27)/t15-/m1/s1. The second-order valence-electron chi connectivity index (χ2n) is 7.08. The molecule has 0 fully saturated rings. The van der Waals surface area contributed by atoms with E-state index in [1.807, 2.05) is 38.1 Å². The number of aliphatic hydroxyl groups excluding tert-OH is 1. The van der Waals surface area contributed by atoms with Crippen LogP contribution in [0.15, 0.2) is 64.1 Å². The van der Waals surface area contributed by atoms with Crippen LogP contribution in [0.1, 0.15) is 18.1 Å². The van der Waals surface area contributed by atoms with E-state index in [0.717, 1.165) is 11.1 Å². The van der Waals surface area contributed by atoms with Crippen LogP contribution < -0.4 is 15.4 Å². The van der Waals surface area contributed by atoms with E-state index in [4.69, 9.17) is 0 Å². The lowest BCUT2D eigenvalue weighted by molar-refractivity contribution is 0.281. The average molecular weight is 506 g/mol. The molecule has 0 aliphatic carbocycles. The van der Waals surface area contributed by atoms with Gasteiger partial charge in [0.1, 0.15) is 5.82 Å². The van der Waals surface area contributed by atoms with Crippen molar-refractivity contribution in [3.05, 3.63) is 70.3 Å². The monoisotopic (exact) mass is 505 g/mol. The molecule has 0 bridgehead atoms. The first kappa shape index (κ1) is 23.1. The third kappa shape index (κ3) is 6.47. The van der Waals surface area contributed by atoms with Crippen molar-refractivity contribution in [3.63, 3.8) is 0 Å². The first-order chi connectivity index (χ1) is 14.8. The van der Waals surface area contributed by atoms with E-state index in [0.29, 0.717) is 21.9 Å². The minimum atomic E-state index is -3.64. The van der Waals surface area contributed by atoms with Gasteiger partial charge in [0.25, 0.3) is 0 Å². The molecule has 0 amide bonds. The molecule has 31 heavy (non-hydrogen) atoms. The molecule has 3 aromatic rings. The van der Waals surface area contributed by atoms with Crippen LogP contribution in [-0.4, -0.2) is 36.1 Å². The maximum atomic E-state index is 12.6. The zero-order valence-corrected chi connectivity index (χ0v) is 19.5. The summed E-state index contributed by atoms with van der Waals surface area (Å²) in [7, 11) is -3.64. The molecule has 4 N–H and O–H groups in total. The Bertz CT molecular complexity index is 1120. The van der Waals surface area contributed by atoms with Crippen molar-refractivity contribution in [2.45, 2.75) is 31.3 Å². The number of hydrogen-bond acceptors (Lipinski definition) is 7. The molecule has 1 aromatic heterocycles. The number of sulfonamides is 1. The van der Waals surface area contributed by atoms with Crippen LogP contribution >= 0.6 is 15.9 Å². The van der Waals surface area contributed by atoms with Crippen molar-refractivity contribution >= 4 is 43.4 Å². The molecule has 1 heterocycles. The summed E-state index contributed by atoms with van der Waals surface area (Å²) in [6.45, 7) is 3.99. The number of halogens is 1. The SMILES string of the molecule is Cc1ccc(CNS(=O)(=O)c2ccc(Nc3ncc(Br)c(N[C@H](C)CO)n3)cc2)cc1. The molecular formula is C21H24BrN5O3S. The number of nitrogens with one attached hydrogen (secondary N) is 3. The first-order valence-corrected chi connectivity index (χ1v) is 11.9. The number of nitrogens with zero attached hydrogens (tertiary/aromatic N) is 2. The molecule has 8 nitrogen and oxygen atoms in total. The summed E-state index contributed by atoms with van der Waals surface area (Å²) in [4.78, 5) is 8.75. The van der Waals surface area contributed by atoms with Gasteiger partial charge in [-0.3, -0.25) is 0 Å². The molecule has 164 valence electrons. The van der Waals surface area contributed by atoms with Gasteiger partial charge in [0.2, 0.25) is 16.0 Å². The van der Waals surface area contributed by atoms with Crippen molar-refractivity contribution < 1.29 is 13.5 Å². The number of aromatic nitrogens is 2. The van der Waals surface area contributed by atoms with Gasteiger partial charge in [0.15, 0.2) is 0 Å². The third-order valence-electron chi connectivity index (χ3n) is 4.41. The molecule has 0 spiro atoms. The molecule has 0 saturated heterocycles. The number of anilines is 3. The molecule has 0 radical (unpaired) electrons. The van der Waals surface area contributed by atoms with Crippen LogP contribution in [0.4, 0.5) is 17.5 Å². The van der Waals surface area contributed by atoms with Gasteiger partial charge in [-0.2, -0.15) is 4.98 Å². The van der Waals surface area contributed by atoms with E-state index >= 15 is 0 Å². The maximum Gasteiger partial charge on any atom is 0.240 e. The van der Waals surface area contributed by atoms with Crippen molar-refractivity contribution in [3.8, 4) is 0 Å². The van der Waals surface area contributed by atoms with Crippen LogP contribution in [0, 0.1) is 6.92 Å². The lowest BCUT2D eigenvalue weighted by atomic mass is 10.2. The summed E-state index contributed by atoms with van der Waals surface area (Å²) >= 11 is 3.37. The highest BCUT2D eigenvalue weighted by atomic mass is 79.9. The van der Waals surface area contributed by atoms with E-state index in [1.54, 1.807) is 18.3 Å². The van der Waals surface area contributed by atoms with E-state index in [9.17, 15) is 13.5 Å². The van der Waals surface area contributed by atoms with Gasteiger partial charge in [0.05, 0.1) is 16.0 Å². The summed E-state index contributed by atoms with van der Waals surface area (Å²) < 4.78 is 28.4. The van der Waals surface area contributed by atoms with Gasteiger partial charge in [-0.25, -0.2) is 18.1 Å². The quantitative estimate of drug-likeness (QED) is 0.351. The van der Waals surface area contributed by atoms with Gasteiger partial charge in [-0.1, -0.05) is 29.8 Å². The summed E-state index contributed by atoms with van der Waals surface area (Å²) in [5.41, 5.74) is 2.65. The minimum Gasteiger partial charge on any atom is -0.394 e. The van der Waals surface area contributed by atoms with Crippen LogP contribution in [0.3, 0.4) is 0 Å². The summed E-state index contributed by atoms with van der Waals surface area (Å²) in [5.74, 6) is 0.877. The van der Waals surface area contributed by atoms with Gasteiger partial charge < -0.3 is 15.7 Å². The largest absolute Gasteiger partial charge is 0.394 e. The lowest BCUT2D eigenvalue weighted by Crippen LogP contribution is -2.23. The number of aryl methyl sites for hydroxylation is 1. The molecule has 0 aliphatic rings. The molecule has 1 atom stereocenters. The van der Waals surface area contributed by atoms with Gasteiger partial charge in [-0.05, 0) is 59.6 Å². The Labute approximate surface area is 190 Å². The van der Waals surface area contributed by atoms with Crippen molar-refractivity contribution in [1.29, 1.82) is 0 Å². The highest BCUT2D eigenvalue weighted by Gasteiger charge is 2.14. The first-order valence-electron chi connectivity index (χ1n) is 9.59. The summed E-state index contributed by atoms with van der Waals surface area (Å²) in [6, 6.07) is 13.8. The predicted molar refractivity (Wildman–Crippen MR) is 125 cm³/mol. The fourth-order valence-electron chi connectivity index (χ4n) is 2.62. The van der Waals surface area contributed by atoms with Crippen LogP contribution in [0.2, 0.25) is 0 Å². The zero-order chi connectivity index (χ0) is 22.4. The number of aliphatic hydroxyl groups is 1. The molecule has 3 rings (SSSR count). The Morgan fingerprint density at radius 3 is 2.42 bits per heavy atom. The smallest absolute Gasteiger partial charge is 0.240 e. The zero-order valence-electron chi connectivity index (χ0n) is 17.1. The summed E-state index contributed by atoms with van der Waals surface area (Å²) in [6.07, 6.45) is 1.59. The van der Waals surface area contributed by atoms with E-state index < -0.39 is 10.0 Å². The maximum absolute atomic E-state index is 12.6. The summed E-state index contributed by atoms with van der Waals surface area (Å²) in [5, 5.41) is 15.3. The predicted octanol–water partition coefficient (Wildman–Crippen LogP) is 3.56. The molecule has 0 unspecified atom stereocenters. The van der Waals surface area contributed by atoms with Crippen molar-refractivity contribution in [2.75, 3.05) is 17.2 Å². The molecule has 10 heteroatoms. The molecule has 2 aromatic carbocycles. The highest BCUT2D eigenvalue weighted by Crippen LogP contribution is 2.23. The van der Waals surface area contributed by atoms with E-state index in [2.05, 4.69) is 41.3 Å². The van der Waals surface area contributed by atoms with Gasteiger partial charge >= 0.3 is 0 Å².